The zero-order chi connectivity index (χ0) is 15.7. The lowest BCUT2D eigenvalue weighted by atomic mass is 9.76. The van der Waals surface area contributed by atoms with Crippen molar-refractivity contribution in [3.05, 3.63) is 47.5 Å². The molecule has 2 heteroatoms. The molecule has 0 nitrogen and oxygen atoms in total. The van der Waals surface area contributed by atoms with Gasteiger partial charge in [-0.3, -0.25) is 0 Å². The van der Waals surface area contributed by atoms with Crippen LogP contribution in [0.5, 0.6) is 0 Å². The highest BCUT2D eigenvalue weighted by Gasteiger charge is 2.38. The van der Waals surface area contributed by atoms with Gasteiger partial charge in [0.2, 0.25) is 0 Å². The molecule has 0 spiro atoms. The zero-order valence-electron chi connectivity index (χ0n) is 13.4. The van der Waals surface area contributed by atoms with E-state index in [-0.39, 0.29) is 5.41 Å². The minimum Gasteiger partial charge on any atom is -0.143 e. The predicted octanol–water partition coefficient (Wildman–Crippen LogP) is 6.52. The Hall–Kier alpha value is -0.860. The predicted molar refractivity (Wildman–Crippen MR) is 102 cm³/mol. The summed E-state index contributed by atoms with van der Waals surface area (Å²) in [4.78, 5) is 2.11. The Morgan fingerprint density at radius 2 is 1.36 bits per heavy atom. The molecular weight excluding hydrogens is 304 g/mol. The molecule has 0 aliphatic heterocycles. The van der Waals surface area contributed by atoms with Crippen molar-refractivity contribution in [1.29, 1.82) is 0 Å². The molecule has 1 aliphatic rings. The highest BCUT2D eigenvalue weighted by Crippen LogP contribution is 2.52. The van der Waals surface area contributed by atoms with Crippen LogP contribution in [0.3, 0.4) is 0 Å². The molecule has 0 atom stereocenters. The van der Waals surface area contributed by atoms with Gasteiger partial charge in [0.05, 0.1) is 0 Å². The maximum Gasteiger partial charge on any atom is 0.0187 e. The number of fused-ring (bicyclic) bond motifs is 3. The van der Waals surface area contributed by atoms with E-state index in [1.807, 2.05) is 0 Å². The molecule has 0 fully saturated rings. The molecular formula is C20H24S2. The second kappa shape index (κ2) is 6.33. The van der Waals surface area contributed by atoms with Crippen LogP contribution in [0.1, 0.15) is 57.1 Å². The van der Waals surface area contributed by atoms with Crippen LogP contribution in [0.2, 0.25) is 0 Å². The third-order valence-corrected chi connectivity index (χ3v) is 5.57. The average Bonchev–Trinajstić information content (AvgIpc) is 2.73. The van der Waals surface area contributed by atoms with Crippen LogP contribution in [-0.2, 0) is 5.41 Å². The van der Waals surface area contributed by atoms with Gasteiger partial charge in [-0.15, -0.1) is 25.3 Å². The fraction of sp³-hybridized carbons (Fsp3) is 0.400. The van der Waals surface area contributed by atoms with Gasteiger partial charge < -0.3 is 0 Å². The average molecular weight is 329 g/mol. The zero-order valence-corrected chi connectivity index (χ0v) is 15.2. The van der Waals surface area contributed by atoms with Crippen LogP contribution < -0.4 is 0 Å². The van der Waals surface area contributed by atoms with Gasteiger partial charge in [0.15, 0.2) is 0 Å². The van der Waals surface area contributed by atoms with Gasteiger partial charge in [0.25, 0.3) is 0 Å². The third kappa shape index (κ3) is 2.72. The second-order valence-electron chi connectivity index (χ2n) is 6.60. The van der Waals surface area contributed by atoms with Crippen LogP contribution >= 0.6 is 25.3 Å². The first-order valence-corrected chi connectivity index (χ1v) is 9.13. The Morgan fingerprint density at radius 1 is 0.818 bits per heavy atom. The molecule has 0 bridgehead atoms. The van der Waals surface area contributed by atoms with Crippen molar-refractivity contribution in [2.75, 3.05) is 0 Å². The summed E-state index contributed by atoms with van der Waals surface area (Å²) in [6.07, 6.45) is 6.40. The number of thiol groups is 2. The smallest absolute Gasteiger partial charge is 0.0187 e. The van der Waals surface area contributed by atoms with Crippen LogP contribution in [0.25, 0.3) is 11.1 Å². The minimum absolute atomic E-state index is 0.0931. The quantitative estimate of drug-likeness (QED) is 0.453. The van der Waals surface area contributed by atoms with Crippen LogP contribution in [0.15, 0.2) is 46.2 Å². The summed E-state index contributed by atoms with van der Waals surface area (Å²) >= 11 is 9.14. The molecule has 3 rings (SSSR count). The van der Waals surface area contributed by atoms with E-state index in [0.29, 0.717) is 0 Å². The largest absolute Gasteiger partial charge is 0.143 e. The molecule has 0 amide bonds. The maximum absolute atomic E-state index is 4.57. The summed E-state index contributed by atoms with van der Waals surface area (Å²) in [5.74, 6) is 0. The third-order valence-electron chi connectivity index (χ3n) is 5.02. The van der Waals surface area contributed by atoms with E-state index in [9.17, 15) is 0 Å². The summed E-state index contributed by atoms with van der Waals surface area (Å²) in [6, 6.07) is 13.2. The molecule has 0 saturated carbocycles. The maximum atomic E-state index is 4.57. The Labute approximate surface area is 145 Å². The van der Waals surface area contributed by atoms with Gasteiger partial charge in [-0.25, -0.2) is 0 Å². The first kappa shape index (κ1) is 16.0. The van der Waals surface area contributed by atoms with E-state index in [2.05, 4.69) is 75.5 Å². The van der Waals surface area contributed by atoms with Gasteiger partial charge in [0.1, 0.15) is 0 Å². The van der Waals surface area contributed by atoms with Crippen molar-refractivity contribution >= 4 is 25.3 Å². The molecule has 0 N–H and O–H groups in total. The number of hydrogen-bond donors (Lipinski definition) is 2. The van der Waals surface area contributed by atoms with Gasteiger partial charge in [-0.05, 0) is 52.9 Å². The molecule has 0 aromatic heterocycles. The van der Waals surface area contributed by atoms with Crippen LogP contribution in [0.4, 0.5) is 0 Å². The summed E-state index contributed by atoms with van der Waals surface area (Å²) in [7, 11) is 0. The van der Waals surface area contributed by atoms with Crippen LogP contribution in [-0.4, -0.2) is 0 Å². The van der Waals surface area contributed by atoms with E-state index < -0.39 is 0 Å². The van der Waals surface area contributed by atoms with Gasteiger partial charge in [-0.1, -0.05) is 51.7 Å². The molecule has 0 radical (unpaired) electrons. The molecule has 0 heterocycles. The number of hydrogen-bond acceptors (Lipinski definition) is 2. The topological polar surface area (TPSA) is 0 Å². The van der Waals surface area contributed by atoms with Crippen molar-refractivity contribution in [3.8, 4) is 11.1 Å². The van der Waals surface area contributed by atoms with Gasteiger partial charge >= 0.3 is 0 Å². The molecule has 1 aliphatic carbocycles. The number of benzene rings is 2. The van der Waals surface area contributed by atoms with Gasteiger partial charge in [-0.2, -0.15) is 0 Å². The number of rotatable bonds is 5. The SMILES string of the molecule is CCCCCCC1(C)c2cc(S)ccc2-c2ccc(S)cc21. The summed E-state index contributed by atoms with van der Waals surface area (Å²) in [6.45, 7) is 4.66. The summed E-state index contributed by atoms with van der Waals surface area (Å²) in [5.41, 5.74) is 5.71. The van der Waals surface area contributed by atoms with E-state index in [1.54, 1.807) is 0 Å². The fourth-order valence-corrected chi connectivity index (χ4v) is 4.17. The fourth-order valence-electron chi connectivity index (χ4n) is 3.77. The first-order chi connectivity index (χ1) is 10.6. The Morgan fingerprint density at radius 3 is 1.86 bits per heavy atom. The monoisotopic (exact) mass is 328 g/mol. The summed E-state index contributed by atoms with van der Waals surface area (Å²) < 4.78 is 0. The lowest BCUT2D eigenvalue weighted by Gasteiger charge is -2.28. The Balaban J connectivity index is 2.05. The van der Waals surface area contributed by atoms with Crippen molar-refractivity contribution in [2.24, 2.45) is 0 Å². The highest BCUT2D eigenvalue weighted by atomic mass is 32.1. The van der Waals surface area contributed by atoms with E-state index in [4.69, 9.17) is 0 Å². The molecule has 2 aromatic rings. The molecule has 0 saturated heterocycles. The van der Waals surface area contributed by atoms with Crippen molar-refractivity contribution in [2.45, 2.75) is 61.2 Å². The normalized spacial score (nSPS) is 14.7. The molecule has 0 unspecified atom stereocenters. The standard InChI is InChI=1S/C20H24S2/c1-3-4-5-6-11-20(2)18-12-14(21)7-9-16(18)17-10-8-15(22)13-19(17)20/h7-10,12-13,21-22H,3-6,11H2,1-2H3. The minimum atomic E-state index is 0.0931. The highest BCUT2D eigenvalue weighted by molar-refractivity contribution is 7.80. The second-order valence-corrected chi connectivity index (χ2v) is 7.64. The van der Waals surface area contributed by atoms with Gasteiger partial charge in [0, 0.05) is 15.2 Å². The van der Waals surface area contributed by atoms with Crippen molar-refractivity contribution in [1.82, 2.24) is 0 Å². The molecule has 2 aromatic carbocycles. The van der Waals surface area contributed by atoms with Crippen molar-refractivity contribution < 1.29 is 0 Å². The lowest BCUT2D eigenvalue weighted by Crippen LogP contribution is -2.20. The first-order valence-electron chi connectivity index (χ1n) is 8.23. The van der Waals surface area contributed by atoms with E-state index in [1.165, 1.54) is 54.4 Å². The van der Waals surface area contributed by atoms with Crippen LogP contribution in [0, 0.1) is 0 Å². The number of unbranched alkanes of at least 4 members (excludes halogenated alkanes) is 3. The van der Waals surface area contributed by atoms with Crippen molar-refractivity contribution in [3.63, 3.8) is 0 Å². The summed E-state index contributed by atoms with van der Waals surface area (Å²) in [5, 5.41) is 0. The molecule has 22 heavy (non-hydrogen) atoms. The van der Waals surface area contributed by atoms with E-state index >= 15 is 0 Å². The van der Waals surface area contributed by atoms with E-state index in [0.717, 1.165) is 9.79 Å². The Bertz CT molecular complexity index is 637. The molecule has 116 valence electrons. The Kier molecular flexibility index (Phi) is 4.61. The lowest BCUT2D eigenvalue weighted by molar-refractivity contribution is 0.486.